The number of aliphatic hydroxyl groups is 1. The number of hydrogen-bond acceptors (Lipinski definition) is 7. The molecule has 2 aromatic carbocycles. The molecule has 1 fully saturated rings. The molecule has 4 rings (SSSR count). The second-order valence-corrected chi connectivity index (χ2v) is 15.7. The Bertz CT molecular complexity index is 1500. The molecular formula is C37H51N5O5S. The molecule has 4 atom stereocenters. The molecule has 0 spiro atoms. The van der Waals surface area contributed by atoms with E-state index in [0.29, 0.717) is 32.5 Å². The number of aliphatic hydroxyl groups excluding tert-OH is 1. The number of alkyl carbamates (subject to hydrolysis) is 1. The van der Waals surface area contributed by atoms with E-state index in [2.05, 4.69) is 15.6 Å². The second kappa shape index (κ2) is 16.0. The van der Waals surface area contributed by atoms with Crippen LogP contribution in [0.15, 0.2) is 66.0 Å². The first-order valence-corrected chi connectivity index (χ1v) is 17.5. The van der Waals surface area contributed by atoms with Crippen molar-refractivity contribution in [2.75, 3.05) is 13.1 Å². The third-order valence-electron chi connectivity index (χ3n) is 8.19. The van der Waals surface area contributed by atoms with Crippen molar-refractivity contribution in [3.63, 3.8) is 0 Å². The fourth-order valence-corrected chi connectivity index (χ4v) is 6.71. The summed E-state index contributed by atoms with van der Waals surface area (Å²) >= 11 is 1.55. The Morgan fingerprint density at radius 3 is 2.08 bits per heavy atom. The molecule has 2 heterocycles. The number of aromatic nitrogens is 1. The van der Waals surface area contributed by atoms with E-state index in [1.807, 2.05) is 93.7 Å². The number of rotatable bonds is 13. The van der Waals surface area contributed by atoms with Crippen molar-refractivity contribution in [1.29, 1.82) is 0 Å². The lowest BCUT2D eigenvalue weighted by molar-refractivity contribution is -0.129. The summed E-state index contributed by atoms with van der Waals surface area (Å²) in [6.45, 7) is 14.5. The maximum absolute atomic E-state index is 14.3. The molecule has 0 unspecified atom stereocenters. The van der Waals surface area contributed by atoms with Crippen LogP contribution in [-0.4, -0.2) is 80.8 Å². The van der Waals surface area contributed by atoms with E-state index >= 15 is 0 Å². The van der Waals surface area contributed by atoms with Crippen LogP contribution in [-0.2, 0) is 28.9 Å². The van der Waals surface area contributed by atoms with Gasteiger partial charge in [-0.2, -0.15) is 0 Å². The molecule has 0 aliphatic carbocycles. The van der Waals surface area contributed by atoms with Gasteiger partial charge >= 0.3 is 12.1 Å². The maximum Gasteiger partial charge on any atom is 0.407 e. The SMILES string of the molecule is Cc1nc(CN2CCN([C@H](C(=O)N[C@@H](Cc3ccccc3)C[C@H](O)[C@H](Cc3ccccc3)NC(=O)OC(C)(C)C)C(C)(C)C)C2=O)cs1. The van der Waals surface area contributed by atoms with Crippen LogP contribution in [0.2, 0.25) is 0 Å². The van der Waals surface area contributed by atoms with Gasteiger partial charge in [0.2, 0.25) is 5.91 Å². The molecule has 0 saturated carbocycles. The topological polar surface area (TPSA) is 124 Å². The van der Waals surface area contributed by atoms with Gasteiger partial charge in [-0.15, -0.1) is 11.3 Å². The van der Waals surface area contributed by atoms with E-state index in [9.17, 15) is 19.5 Å². The van der Waals surface area contributed by atoms with Crippen molar-refractivity contribution in [1.82, 2.24) is 25.4 Å². The first-order chi connectivity index (χ1) is 22.6. The molecule has 1 aliphatic rings. The van der Waals surface area contributed by atoms with E-state index in [-0.39, 0.29) is 18.4 Å². The number of urea groups is 1. The number of carbonyl (C=O) groups is 3. The van der Waals surface area contributed by atoms with Crippen LogP contribution in [0.5, 0.6) is 0 Å². The van der Waals surface area contributed by atoms with Gasteiger partial charge in [-0.05, 0) is 63.5 Å². The predicted molar refractivity (Wildman–Crippen MR) is 189 cm³/mol. The molecule has 1 aromatic heterocycles. The number of thiazole rings is 1. The van der Waals surface area contributed by atoms with E-state index in [0.717, 1.165) is 21.8 Å². The quantitative estimate of drug-likeness (QED) is 0.213. The largest absolute Gasteiger partial charge is 0.444 e. The Kier molecular flexibility index (Phi) is 12.3. The lowest BCUT2D eigenvalue weighted by Crippen LogP contribution is -2.57. The van der Waals surface area contributed by atoms with Gasteiger partial charge < -0.3 is 30.3 Å². The zero-order chi connectivity index (χ0) is 35.1. The Balaban J connectivity index is 1.55. The highest BCUT2D eigenvalue weighted by Gasteiger charge is 2.44. The Morgan fingerprint density at radius 1 is 0.938 bits per heavy atom. The van der Waals surface area contributed by atoms with Crippen molar-refractivity contribution in [3.05, 3.63) is 87.9 Å². The first-order valence-electron chi connectivity index (χ1n) is 16.6. The monoisotopic (exact) mass is 677 g/mol. The summed E-state index contributed by atoms with van der Waals surface area (Å²) < 4.78 is 5.53. The van der Waals surface area contributed by atoms with Gasteiger partial charge in [0.1, 0.15) is 11.6 Å². The summed E-state index contributed by atoms with van der Waals surface area (Å²) in [6.07, 6.45) is -0.661. The molecule has 10 nitrogen and oxygen atoms in total. The summed E-state index contributed by atoms with van der Waals surface area (Å²) in [5.41, 5.74) is 1.49. The number of carbonyl (C=O) groups excluding carboxylic acids is 3. The third-order valence-corrected chi connectivity index (χ3v) is 9.01. The molecule has 3 N–H and O–H groups in total. The molecule has 11 heteroatoms. The van der Waals surface area contributed by atoms with E-state index in [1.54, 1.807) is 41.9 Å². The molecule has 3 aromatic rings. The fourth-order valence-electron chi connectivity index (χ4n) is 6.10. The molecule has 0 radical (unpaired) electrons. The zero-order valence-electron chi connectivity index (χ0n) is 29.2. The molecule has 1 saturated heterocycles. The summed E-state index contributed by atoms with van der Waals surface area (Å²) in [5.74, 6) is -0.282. The summed E-state index contributed by atoms with van der Waals surface area (Å²) in [7, 11) is 0. The number of amides is 4. The smallest absolute Gasteiger partial charge is 0.407 e. The van der Waals surface area contributed by atoms with Gasteiger partial charge in [-0.1, -0.05) is 81.4 Å². The minimum absolute atomic E-state index is 0.161. The standard InChI is InChI=1S/C37H51N5O5S/c1-25-38-29(24-48-25)23-41-18-19-42(35(41)46)32(36(2,3)4)33(44)39-28(20-26-14-10-8-11-15-26)22-31(43)30(21-27-16-12-9-13-17-27)40-34(45)47-37(5,6)7/h8-17,24,28,30-32,43H,18-23H2,1-7H3,(H,39,44)(H,40,45)/t28-,30-,31-,32+/m0/s1. The number of hydrogen-bond donors (Lipinski definition) is 3. The number of nitrogens with one attached hydrogen (secondary N) is 2. The highest BCUT2D eigenvalue weighted by Crippen LogP contribution is 2.29. The number of aryl methyl sites for hydroxylation is 1. The Labute approximate surface area is 288 Å². The van der Waals surface area contributed by atoms with E-state index in [4.69, 9.17) is 4.74 Å². The normalized spacial score (nSPS) is 16.3. The summed E-state index contributed by atoms with van der Waals surface area (Å²) in [5, 5.41) is 20.7. The van der Waals surface area contributed by atoms with Gasteiger partial charge in [0.15, 0.2) is 0 Å². The summed E-state index contributed by atoms with van der Waals surface area (Å²) in [4.78, 5) is 48.7. The van der Waals surface area contributed by atoms with Crippen molar-refractivity contribution in [3.8, 4) is 0 Å². The van der Waals surface area contributed by atoms with Gasteiger partial charge in [-0.3, -0.25) is 4.79 Å². The average Bonchev–Trinajstić information content (AvgIpc) is 3.56. The fraction of sp³-hybridized carbons (Fsp3) is 0.514. The van der Waals surface area contributed by atoms with Crippen LogP contribution in [0.1, 0.15) is 69.8 Å². The average molecular weight is 678 g/mol. The summed E-state index contributed by atoms with van der Waals surface area (Å²) in [6, 6.07) is 17.3. The van der Waals surface area contributed by atoms with Gasteiger partial charge in [0, 0.05) is 24.5 Å². The Hall–Kier alpha value is -3.96. The first kappa shape index (κ1) is 36.9. The highest BCUT2D eigenvalue weighted by atomic mass is 32.1. The molecular weight excluding hydrogens is 627 g/mol. The van der Waals surface area contributed by atoms with Crippen molar-refractivity contribution < 1.29 is 24.2 Å². The zero-order valence-corrected chi connectivity index (χ0v) is 30.0. The van der Waals surface area contributed by atoms with Crippen LogP contribution in [0.25, 0.3) is 0 Å². The number of benzene rings is 2. The van der Waals surface area contributed by atoms with Crippen molar-refractivity contribution in [2.24, 2.45) is 5.41 Å². The molecule has 260 valence electrons. The molecule has 4 amide bonds. The van der Waals surface area contributed by atoms with E-state index in [1.165, 1.54) is 0 Å². The van der Waals surface area contributed by atoms with Crippen molar-refractivity contribution in [2.45, 2.75) is 104 Å². The van der Waals surface area contributed by atoms with Crippen LogP contribution in [0.3, 0.4) is 0 Å². The Morgan fingerprint density at radius 2 is 1.54 bits per heavy atom. The highest BCUT2D eigenvalue weighted by molar-refractivity contribution is 7.09. The van der Waals surface area contributed by atoms with Gasteiger partial charge in [0.05, 0.1) is 29.4 Å². The number of ether oxygens (including phenoxy) is 1. The number of nitrogens with zero attached hydrogens (tertiary/aromatic N) is 3. The third kappa shape index (κ3) is 10.8. The minimum Gasteiger partial charge on any atom is -0.444 e. The lowest BCUT2D eigenvalue weighted by atomic mass is 9.84. The second-order valence-electron chi connectivity index (χ2n) is 14.7. The van der Waals surface area contributed by atoms with Gasteiger partial charge in [0.25, 0.3) is 0 Å². The maximum atomic E-state index is 14.3. The molecule has 0 bridgehead atoms. The van der Waals surface area contributed by atoms with Crippen LogP contribution in [0, 0.1) is 12.3 Å². The predicted octanol–water partition coefficient (Wildman–Crippen LogP) is 5.72. The lowest BCUT2D eigenvalue weighted by Gasteiger charge is -2.38. The minimum atomic E-state index is -1.02. The molecule has 48 heavy (non-hydrogen) atoms. The van der Waals surface area contributed by atoms with Gasteiger partial charge in [-0.25, -0.2) is 14.6 Å². The van der Waals surface area contributed by atoms with Crippen LogP contribution < -0.4 is 10.6 Å². The van der Waals surface area contributed by atoms with Crippen LogP contribution >= 0.6 is 11.3 Å². The molecule has 1 aliphatic heterocycles. The van der Waals surface area contributed by atoms with Crippen molar-refractivity contribution >= 4 is 29.4 Å². The van der Waals surface area contributed by atoms with E-state index < -0.39 is 41.3 Å². The van der Waals surface area contributed by atoms with Crippen LogP contribution in [0.4, 0.5) is 9.59 Å².